The fraction of sp³-hybridized carbons (Fsp3) is 0.267. The number of fused-ring (bicyclic) bond motifs is 1. The highest BCUT2D eigenvalue weighted by atomic mass is 14.9. The molecule has 3 rings (SSSR count). The Morgan fingerprint density at radius 2 is 2.16 bits per heavy atom. The number of aromatic amines is 2. The van der Waals surface area contributed by atoms with Crippen LogP contribution < -0.4 is 5.73 Å². The lowest BCUT2D eigenvalue weighted by Crippen LogP contribution is -1.95. The van der Waals surface area contributed by atoms with Gasteiger partial charge in [0.1, 0.15) is 5.82 Å². The quantitative estimate of drug-likeness (QED) is 0.672. The van der Waals surface area contributed by atoms with E-state index in [0.29, 0.717) is 6.54 Å². The Morgan fingerprint density at radius 1 is 1.32 bits per heavy atom. The van der Waals surface area contributed by atoms with Crippen molar-refractivity contribution in [1.82, 2.24) is 15.0 Å². The Kier molecular flexibility index (Phi) is 2.87. The van der Waals surface area contributed by atoms with Crippen LogP contribution in [0.25, 0.3) is 22.3 Å². The van der Waals surface area contributed by atoms with Crippen molar-refractivity contribution >= 4 is 10.9 Å². The van der Waals surface area contributed by atoms with Crippen LogP contribution >= 0.6 is 0 Å². The molecule has 4 N–H and O–H groups in total. The summed E-state index contributed by atoms with van der Waals surface area (Å²) in [7, 11) is 0. The van der Waals surface area contributed by atoms with Crippen molar-refractivity contribution in [2.75, 3.05) is 0 Å². The summed E-state index contributed by atoms with van der Waals surface area (Å²) >= 11 is 0. The fourth-order valence-electron chi connectivity index (χ4n) is 2.46. The molecule has 0 aliphatic heterocycles. The average Bonchev–Trinajstić information content (AvgIpc) is 3.00. The molecule has 4 nitrogen and oxygen atoms in total. The molecule has 0 aliphatic rings. The molecule has 2 heterocycles. The first kappa shape index (κ1) is 12.0. The number of hydrogen-bond acceptors (Lipinski definition) is 2. The molecule has 0 bridgehead atoms. The minimum absolute atomic E-state index is 0.554. The number of nitrogens with zero attached hydrogens (tertiary/aromatic N) is 1. The maximum atomic E-state index is 5.71. The Labute approximate surface area is 112 Å². The molecule has 0 radical (unpaired) electrons. The van der Waals surface area contributed by atoms with Gasteiger partial charge in [0.15, 0.2) is 0 Å². The molecule has 0 saturated heterocycles. The molecule has 0 aliphatic carbocycles. The Balaban J connectivity index is 2.18. The van der Waals surface area contributed by atoms with Crippen LogP contribution in [0.1, 0.15) is 23.9 Å². The molecule has 0 atom stereocenters. The van der Waals surface area contributed by atoms with Crippen molar-refractivity contribution in [2.24, 2.45) is 5.73 Å². The highest BCUT2D eigenvalue weighted by Crippen LogP contribution is 2.28. The number of aromatic nitrogens is 3. The van der Waals surface area contributed by atoms with Gasteiger partial charge < -0.3 is 15.7 Å². The van der Waals surface area contributed by atoms with E-state index in [9.17, 15) is 0 Å². The normalized spacial score (nSPS) is 11.3. The zero-order valence-electron chi connectivity index (χ0n) is 11.2. The van der Waals surface area contributed by atoms with Crippen LogP contribution in [0, 0.1) is 6.92 Å². The van der Waals surface area contributed by atoms with Gasteiger partial charge in [-0.15, -0.1) is 0 Å². The SMILES string of the molecule is CCc1nc(-c2c[nH]c3ccc(CN)cc23)[nH]c1C. The van der Waals surface area contributed by atoms with Gasteiger partial charge in [0.25, 0.3) is 0 Å². The van der Waals surface area contributed by atoms with Gasteiger partial charge in [-0.05, 0) is 31.0 Å². The number of imidazole rings is 1. The minimum Gasteiger partial charge on any atom is -0.360 e. The number of nitrogens with one attached hydrogen (secondary N) is 2. The number of aryl methyl sites for hydroxylation is 2. The first-order chi connectivity index (χ1) is 9.22. The molecule has 4 heteroatoms. The van der Waals surface area contributed by atoms with Gasteiger partial charge in [0.2, 0.25) is 0 Å². The van der Waals surface area contributed by atoms with Crippen molar-refractivity contribution in [2.45, 2.75) is 26.8 Å². The zero-order valence-corrected chi connectivity index (χ0v) is 11.2. The van der Waals surface area contributed by atoms with Crippen LogP contribution in [-0.2, 0) is 13.0 Å². The first-order valence-corrected chi connectivity index (χ1v) is 6.59. The molecule has 0 unspecified atom stereocenters. The van der Waals surface area contributed by atoms with Gasteiger partial charge in [0.05, 0.1) is 5.69 Å². The molecular formula is C15H18N4. The van der Waals surface area contributed by atoms with Crippen LogP contribution in [0.15, 0.2) is 24.4 Å². The van der Waals surface area contributed by atoms with E-state index >= 15 is 0 Å². The van der Waals surface area contributed by atoms with Crippen molar-refractivity contribution in [3.8, 4) is 11.4 Å². The molecule has 98 valence electrons. The topological polar surface area (TPSA) is 70.5 Å². The van der Waals surface area contributed by atoms with E-state index < -0.39 is 0 Å². The van der Waals surface area contributed by atoms with E-state index in [1.54, 1.807) is 0 Å². The van der Waals surface area contributed by atoms with Crippen LogP contribution in [0.2, 0.25) is 0 Å². The number of rotatable bonds is 3. The van der Waals surface area contributed by atoms with Crippen LogP contribution in [-0.4, -0.2) is 15.0 Å². The Hall–Kier alpha value is -2.07. The smallest absolute Gasteiger partial charge is 0.139 e. The lowest BCUT2D eigenvalue weighted by Gasteiger charge is -1.99. The molecule has 0 saturated carbocycles. The largest absolute Gasteiger partial charge is 0.360 e. The second-order valence-electron chi connectivity index (χ2n) is 4.80. The lowest BCUT2D eigenvalue weighted by atomic mass is 10.1. The van der Waals surface area contributed by atoms with Crippen LogP contribution in [0.5, 0.6) is 0 Å². The van der Waals surface area contributed by atoms with Crippen molar-refractivity contribution in [1.29, 1.82) is 0 Å². The summed E-state index contributed by atoms with van der Waals surface area (Å²) in [5, 5.41) is 1.17. The Bertz CT molecular complexity index is 721. The summed E-state index contributed by atoms with van der Waals surface area (Å²) in [4.78, 5) is 11.3. The van der Waals surface area contributed by atoms with Crippen molar-refractivity contribution in [3.63, 3.8) is 0 Å². The third-order valence-electron chi connectivity index (χ3n) is 3.56. The molecule has 0 fully saturated rings. The highest BCUT2D eigenvalue weighted by Gasteiger charge is 2.11. The van der Waals surface area contributed by atoms with Gasteiger partial charge in [-0.1, -0.05) is 13.0 Å². The van der Waals surface area contributed by atoms with E-state index in [0.717, 1.165) is 40.3 Å². The monoisotopic (exact) mass is 254 g/mol. The Morgan fingerprint density at radius 3 is 2.84 bits per heavy atom. The molecule has 19 heavy (non-hydrogen) atoms. The average molecular weight is 254 g/mol. The molecule has 3 aromatic rings. The summed E-state index contributed by atoms with van der Waals surface area (Å²) in [5.41, 5.74) is 11.3. The van der Waals surface area contributed by atoms with E-state index in [-0.39, 0.29) is 0 Å². The second kappa shape index (κ2) is 4.55. The maximum Gasteiger partial charge on any atom is 0.139 e. The standard InChI is InChI=1S/C15H18N4/c1-3-13-9(2)18-15(19-13)12-8-17-14-5-4-10(7-16)6-11(12)14/h4-6,8,17H,3,7,16H2,1-2H3,(H,18,19). The summed E-state index contributed by atoms with van der Waals surface area (Å²) in [5.74, 6) is 0.926. The van der Waals surface area contributed by atoms with Gasteiger partial charge in [-0.3, -0.25) is 0 Å². The van der Waals surface area contributed by atoms with E-state index in [1.165, 1.54) is 5.39 Å². The first-order valence-electron chi connectivity index (χ1n) is 6.59. The third kappa shape index (κ3) is 1.94. The van der Waals surface area contributed by atoms with E-state index in [4.69, 9.17) is 5.73 Å². The predicted molar refractivity (Wildman–Crippen MR) is 77.9 cm³/mol. The molecular weight excluding hydrogens is 236 g/mol. The highest BCUT2D eigenvalue weighted by molar-refractivity contribution is 5.94. The van der Waals surface area contributed by atoms with Gasteiger partial charge >= 0.3 is 0 Å². The van der Waals surface area contributed by atoms with Crippen LogP contribution in [0.4, 0.5) is 0 Å². The molecule has 2 aromatic heterocycles. The second-order valence-corrected chi connectivity index (χ2v) is 4.80. The van der Waals surface area contributed by atoms with E-state index in [1.807, 2.05) is 12.3 Å². The third-order valence-corrected chi connectivity index (χ3v) is 3.56. The van der Waals surface area contributed by atoms with Gasteiger partial charge in [-0.2, -0.15) is 0 Å². The molecule has 0 amide bonds. The number of H-pyrrole nitrogens is 2. The van der Waals surface area contributed by atoms with Crippen molar-refractivity contribution in [3.05, 3.63) is 41.3 Å². The minimum atomic E-state index is 0.554. The molecule has 1 aromatic carbocycles. The van der Waals surface area contributed by atoms with Gasteiger partial charge in [0, 0.05) is 34.9 Å². The molecule has 0 spiro atoms. The van der Waals surface area contributed by atoms with Gasteiger partial charge in [-0.25, -0.2) is 4.98 Å². The lowest BCUT2D eigenvalue weighted by molar-refractivity contribution is 1.04. The number of hydrogen-bond donors (Lipinski definition) is 3. The summed E-state index contributed by atoms with van der Waals surface area (Å²) in [6.45, 7) is 4.74. The summed E-state index contributed by atoms with van der Waals surface area (Å²) in [6, 6.07) is 6.25. The van der Waals surface area contributed by atoms with E-state index in [2.05, 4.69) is 40.9 Å². The number of nitrogens with two attached hydrogens (primary N) is 1. The van der Waals surface area contributed by atoms with Crippen molar-refractivity contribution < 1.29 is 0 Å². The fourth-order valence-corrected chi connectivity index (χ4v) is 2.46. The summed E-state index contributed by atoms with van der Waals surface area (Å²) < 4.78 is 0. The predicted octanol–water partition coefficient (Wildman–Crippen LogP) is 2.89. The van der Waals surface area contributed by atoms with Crippen LogP contribution in [0.3, 0.4) is 0 Å². The zero-order chi connectivity index (χ0) is 13.4. The maximum absolute atomic E-state index is 5.71. The summed E-state index contributed by atoms with van der Waals surface area (Å²) in [6.07, 6.45) is 2.95. The number of benzene rings is 1.